The summed E-state index contributed by atoms with van der Waals surface area (Å²) in [6.45, 7) is 5.66. The Morgan fingerprint density at radius 1 is 1.11 bits per heavy atom. The topological polar surface area (TPSA) is 140 Å². The first-order valence-corrected chi connectivity index (χ1v) is 12.6. The molecule has 0 spiro atoms. The lowest BCUT2D eigenvalue weighted by molar-refractivity contribution is -0.140. The molecule has 3 atom stereocenters. The third kappa shape index (κ3) is 8.65. The van der Waals surface area contributed by atoms with E-state index in [4.69, 9.17) is 9.31 Å². The molecule has 0 bridgehead atoms. The molecule has 38 heavy (non-hydrogen) atoms. The summed E-state index contributed by atoms with van der Waals surface area (Å²) in [6.07, 6.45) is 4.76. The smallest absolute Gasteiger partial charge is 0.498 e. The van der Waals surface area contributed by atoms with Gasteiger partial charge in [-0.2, -0.15) is 0 Å². The van der Waals surface area contributed by atoms with E-state index in [2.05, 4.69) is 20.6 Å². The summed E-state index contributed by atoms with van der Waals surface area (Å²) in [4.78, 5) is 61.2. The minimum atomic E-state index is -1.31. The van der Waals surface area contributed by atoms with Crippen LogP contribution in [-0.4, -0.2) is 77.4 Å². The summed E-state index contributed by atoms with van der Waals surface area (Å²) < 4.78 is 11.1. The molecule has 2 heterocycles. The number of rotatable bonds is 9. The third-order valence-corrected chi connectivity index (χ3v) is 6.17. The normalized spacial score (nSPS) is 18.3. The molecule has 1 aliphatic heterocycles. The number of benzene rings is 1. The Labute approximate surface area is 222 Å². The highest BCUT2D eigenvalue weighted by atomic mass is 16.6. The highest BCUT2D eigenvalue weighted by Crippen LogP contribution is 2.15. The first-order chi connectivity index (χ1) is 18.1. The third-order valence-electron chi connectivity index (χ3n) is 6.17. The Morgan fingerprint density at radius 2 is 1.82 bits per heavy atom. The SMILES string of the molecule is CC(C)C[C@H](NC(=O)C(Cc1ccccc1)NC(=O)c1cnccn1)B1OC(=O)CC(C)N(C)CC(=O)O1. The van der Waals surface area contributed by atoms with Crippen LogP contribution in [-0.2, 0) is 30.1 Å². The van der Waals surface area contributed by atoms with Crippen LogP contribution < -0.4 is 10.6 Å². The Hall–Kier alpha value is -3.80. The molecule has 3 rings (SSSR count). The Kier molecular flexibility index (Phi) is 10.3. The van der Waals surface area contributed by atoms with Crippen LogP contribution in [0.3, 0.4) is 0 Å². The van der Waals surface area contributed by atoms with Crippen LogP contribution in [0.25, 0.3) is 0 Å². The van der Waals surface area contributed by atoms with Crippen molar-refractivity contribution in [3.8, 4) is 0 Å². The average molecular weight is 523 g/mol. The van der Waals surface area contributed by atoms with Gasteiger partial charge in [-0.05, 0) is 31.9 Å². The molecule has 1 aliphatic rings. The second-order valence-electron chi connectivity index (χ2n) is 9.87. The first kappa shape index (κ1) is 28.8. The van der Waals surface area contributed by atoms with Crippen LogP contribution in [0.4, 0.5) is 0 Å². The van der Waals surface area contributed by atoms with Crippen molar-refractivity contribution < 1.29 is 28.5 Å². The van der Waals surface area contributed by atoms with Gasteiger partial charge in [-0.3, -0.25) is 29.1 Å². The number of aromatic nitrogens is 2. The monoisotopic (exact) mass is 523 g/mol. The van der Waals surface area contributed by atoms with E-state index < -0.39 is 42.9 Å². The van der Waals surface area contributed by atoms with Crippen molar-refractivity contribution in [1.82, 2.24) is 25.5 Å². The summed E-state index contributed by atoms with van der Waals surface area (Å²) in [5.41, 5.74) is 0.888. The second kappa shape index (κ2) is 13.7. The number of carbonyl (C=O) groups is 4. The van der Waals surface area contributed by atoms with Gasteiger partial charge in [0.25, 0.3) is 11.9 Å². The largest absolute Gasteiger partial charge is 0.622 e. The Morgan fingerprint density at radius 3 is 2.47 bits per heavy atom. The summed E-state index contributed by atoms with van der Waals surface area (Å²) in [6, 6.07) is 8.01. The number of likely N-dealkylation sites (N-methyl/N-ethyl adjacent to an activating group) is 1. The van der Waals surface area contributed by atoms with E-state index in [9.17, 15) is 19.2 Å². The maximum Gasteiger partial charge on any atom is 0.622 e. The highest BCUT2D eigenvalue weighted by Gasteiger charge is 2.42. The van der Waals surface area contributed by atoms with Gasteiger partial charge in [0, 0.05) is 24.9 Å². The van der Waals surface area contributed by atoms with Crippen LogP contribution >= 0.6 is 0 Å². The minimum absolute atomic E-state index is 0.0263. The fourth-order valence-electron chi connectivity index (χ4n) is 4.03. The maximum atomic E-state index is 13.6. The molecule has 12 heteroatoms. The first-order valence-electron chi connectivity index (χ1n) is 12.6. The molecule has 2 amide bonds. The van der Waals surface area contributed by atoms with Crippen molar-refractivity contribution >= 4 is 30.9 Å². The van der Waals surface area contributed by atoms with Gasteiger partial charge >= 0.3 is 13.1 Å². The molecule has 1 aromatic carbocycles. The zero-order chi connectivity index (χ0) is 27.7. The molecule has 202 valence electrons. The number of nitrogens with zero attached hydrogens (tertiary/aromatic N) is 3. The Bertz CT molecular complexity index is 1080. The number of hydrogen-bond acceptors (Lipinski definition) is 9. The van der Waals surface area contributed by atoms with Crippen molar-refractivity contribution in [2.75, 3.05) is 13.6 Å². The predicted octanol–water partition coefficient (Wildman–Crippen LogP) is 1.19. The van der Waals surface area contributed by atoms with Crippen molar-refractivity contribution in [3.05, 3.63) is 60.2 Å². The van der Waals surface area contributed by atoms with Crippen molar-refractivity contribution in [1.29, 1.82) is 0 Å². The van der Waals surface area contributed by atoms with Gasteiger partial charge in [0.15, 0.2) is 0 Å². The quantitative estimate of drug-likeness (QED) is 0.464. The van der Waals surface area contributed by atoms with E-state index >= 15 is 0 Å². The van der Waals surface area contributed by atoms with Gasteiger partial charge in [-0.1, -0.05) is 44.2 Å². The average Bonchev–Trinajstić information content (AvgIpc) is 2.92. The molecule has 0 saturated carbocycles. The lowest BCUT2D eigenvalue weighted by atomic mass is 9.73. The molecular weight excluding hydrogens is 489 g/mol. The number of carbonyl (C=O) groups excluding carboxylic acids is 4. The highest BCUT2D eigenvalue weighted by molar-refractivity contribution is 6.51. The second-order valence-corrected chi connectivity index (χ2v) is 9.87. The van der Waals surface area contributed by atoms with E-state index in [1.807, 2.05) is 51.1 Å². The van der Waals surface area contributed by atoms with Crippen LogP contribution in [0, 0.1) is 5.92 Å². The van der Waals surface area contributed by atoms with Gasteiger partial charge in [0.05, 0.1) is 25.1 Å². The van der Waals surface area contributed by atoms with E-state index in [0.29, 0.717) is 6.42 Å². The number of amides is 2. The van der Waals surface area contributed by atoms with E-state index in [-0.39, 0.29) is 37.0 Å². The van der Waals surface area contributed by atoms with Gasteiger partial charge in [-0.15, -0.1) is 0 Å². The fraction of sp³-hybridized carbons (Fsp3) is 0.462. The Balaban J connectivity index is 1.84. The minimum Gasteiger partial charge on any atom is -0.498 e. The molecule has 2 unspecified atom stereocenters. The summed E-state index contributed by atoms with van der Waals surface area (Å²) in [5, 5.41) is 5.60. The van der Waals surface area contributed by atoms with Gasteiger partial charge < -0.3 is 19.9 Å². The molecule has 2 N–H and O–H groups in total. The predicted molar refractivity (Wildman–Crippen MR) is 139 cm³/mol. The summed E-state index contributed by atoms with van der Waals surface area (Å²) in [5.74, 6) is -2.96. The van der Waals surface area contributed by atoms with Crippen molar-refractivity contribution in [3.63, 3.8) is 0 Å². The van der Waals surface area contributed by atoms with Crippen molar-refractivity contribution in [2.45, 2.75) is 58.1 Å². The van der Waals surface area contributed by atoms with Crippen LogP contribution in [0.1, 0.15) is 49.7 Å². The van der Waals surface area contributed by atoms with Gasteiger partial charge in [-0.25, -0.2) is 4.98 Å². The molecule has 0 radical (unpaired) electrons. The lowest BCUT2D eigenvalue weighted by Gasteiger charge is -2.27. The number of hydrogen-bond donors (Lipinski definition) is 2. The molecular formula is C26H34BN5O6. The van der Waals surface area contributed by atoms with Crippen LogP contribution in [0.2, 0.25) is 0 Å². The molecule has 11 nitrogen and oxygen atoms in total. The lowest BCUT2D eigenvalue weighted by Crippen LogP contribution is -2.57. The van der Waals surface area contributed by atoms with E-state index in [1.165, 1.54) is 18.6 Å². The van der Waals surface area contributed by atoms with Crippen LogP contribution in [0.5, 0.6) is 0 Å². The number of nitrogens with one attached hydrogen (secondary N) is 2. The zero-order valence-electron chi connectivity index (χ0n) is 22.1. The van der Waals surface area contributed by atoms with Gasteiger partial charge in [0.1, 0.15) is 11.7 Å². The molecule has 2 aromatic rings. The summed E-state index contributed by atoms with van der Waals surface area (Å²) >= 11 is 0. The zero-order valence-corrected chi connectivity index (χ0v) is 22.1. The van der Waals surface area contributed by atoms with Crippen LogP contribution in [0.15, 0.2) is 48.9 Å². The molecule has 1 saturated heterocycles. The van der Waals surface area contributed by atoms with Crippen molar-refractivity contribution in [2.24, 2.45) is 5.92 Å². The maximum absolute atomic E-state index is 13.6. The summed E-state index contributed by atoms with van der Waals surface area (Å²) in [7, 11) is 0.411. The standard InChI is InChI=1S/C26H34BN5O6/c1-17(2)12-22(27-37-23(33)13-18(3)32(4)16-24(34)38-27)31-25(35)20(14-19-8-6-5-7-9-19)30-26(36)21-15-28-10-11-29-21/h5-11,15,17-18,20,22H,12-14,16H2,1-4H3,(H,30,36)(H,31,35)/t18?,20?,22-/m0/s1. The molecule has 1 aromatic heterocycles. The molecule has 1 fully saturated rings. The molecule has 0 aliphatic carbocycles. The fourth-order valence-corrected chi connectivity index (χ4v) is 4.03. The van der Waals surface area contributed by atoms with E-state index in [0.717, 1.165) is 5.56 Å². The van der Waals surface area contributed by atoms with E-state index in [1.54, 1.807) is 11.9 Å². The van der Waals surface area contributed by atoms with Gasteiger partial charge in [0.2, 0.25) is 5.91 Å².